The van der Waals surface area contributed by atoms with Gasteiger partial charge in [-0.3, -0.25) is 0 Å². The van der Waals surface area contributed by atoms with Gasteiger partial charge in [0.05, 0.1) is 27.6 Å². The van der Waals surface area contributed by atoms with E-state index in [9.17, 15) is 0 Å². The molecule has 0 aliphatic carbocycles. The van der Waals surface area contributed by atoms with Crippen LogP contribution in [0.5, 0.6) is 0 Å². The van der Waals surface area contributed by atoms with E-state index in [1.54, 1.807) is 4.68 Å². The maximum atomic E-state index is 6.20. The van der Waals surface area contributed by atoms with Crippen molar-refractivity contribution in [2.45, 2.75) is 26.4 Å². The van der Waals surface area contributed by atoms with Gasteiger partial charge in [-0.25, -0.2) is 4.68 Å². The normalized spacial score (nSPS) is 11.3. The highest BCUT2D eigenvalue weighted by Gasteiger charge is 2.12. The van der Waals surface area contributed by atoms with E-state index in [0.717, 1.165) is 10.2 Å². The van der Waals surface area contributed by atoms with Crippen molar-refractivity contribution in [3.8, 4) is 5.69 Å². The van der Waals surface area contributed by atoms with Crippen LogP contribution in [0.15, 0.2) is 22.8 Å². The van der Waals surface area contributed by atoms with Crippen LogP contribution in [0, 0.1) is 0 Å². The third kappa shape index (κ3) is 3.48. The third-order valence-electron chi connectivity index (χ3n) is 2.49. The lowest BCUT2D eigenvalue weighted by Gasteiger charge is -2.06. The quantitative estimate of drug-likeness (QED) is 0.839. The molecular weight excluding hydrogens is 351 g/mol. The molecule has 102 valence electrons. The lowest BCUT2D eigenvalue weighted by molar-refractivity contribution is 0.580. The summed E-state index contributed by atoms with van der Waals surface area (Å²) < 4.78 is 2.38. The Balaban J connectivity index is 2.26. The lowest BCUT2D eigenvalue weighted by atomic mass is 10.3. The molecule has 0 atom stereocenters. The molecule has 0 radical (unpaired) electrons. The number of nitrogens with zero attached hydrogens (tertiary/aromatic N) is 3. The molecule has 2 aromatic rings. The molecule has 0 aliphatic heterocycles. The molecule has 0 spiro atoms. The van der Waals surface area contributed by atoms with Crippen LogP contribution in [-0.4, -0.2) is 21.0 Å². The minimum atomic E-state index is 0.399. The van der Waals surface area contributed by atoms with Crippen molar-refractivity contribution in [2.24, 2.45) is 0 Å². The third-order valence-corrected chi connectivity index (χ3v) is 4.25. The van der Waals surface area contributed by atoms with Gasteiger partial charge in [0.1, 0.15) is 0 Å². The van der Waals surface area contributed by atoms with Gasteiger partial charge in [0.15, 0.2) is 0 Å². The summed E-state index contributed by atoms with van der Waals surface area (Å²) in [6.07, 6.45) is 1.83. The highest BCUT2D eigenvalue weighted by atomic mass is 79.9. The fraction of sp³-hybridized carbons (Fsp3) is 0.333. The standard InChI is InChI=1S/C12H13BrCl2N4/c1-7(2)16-5-8-6-19(18-17-8)10-4-3-9(13)11(14)12(10)15/h3-4,6-7,16H,5H2,1-2H3. The fourth-order valence-corrected chi connectivity index (χ4v) is 2.35. The zero-order chi connectivity index (χ0) is 14.0. The highest BCUT2D eigenvalue weighted by molar-refractivity contribution is 9.10. The lowest BCUT2D eigenvalue weighted by Crippen LogP contribution is -2.21. The van der Waals surface area contributed by atoms with Crippen molar-refractivity contribution in [1.29, 1.82) is 0 Å². The SMILES string of the molecule is CC(C)NCc1cn(-c2ccc(Br)c(Cl)c2Cl)nn1. The number of hydrogen-bond donors (Lipinski definition) is 1. The molecule has 0 saturated heterocycles. The van der Waals surface area contributed by atoms with E-state index in [1.165, 1.54) is 0 Å². The molecule has 0 saturated carbocycles. The van der Waals surface area contributed by atoms with E-state index >= 15 is 0 Å². The molecule has 1 aromatic carbocycles. The van der Waals surface area contributed by atoms with Gasteiger partial charge in [0, 0.05) is 17.1 Å². The highest BCUT2D eigenvalue weighted by Crippen LogP contribution is 2.34. The summed E-state index contributed by atoms with van der Waals surface area (Å²) in [5.41, 5.74) is 1.56. The van der Waals surface area contributed by atoms with Gasteiger partial charge < -0.3 is 5.32 Å². The Kier molecular flexibility index (Phi) is 4.84. The van der Waals surface area contributed by atoms with E-state index in [0.29, 0.717) is 28.3 Å². The Morgan fingerprint density at radius 3 is 2.74 bits per heavy atom. The van der Waals surface area contributed by atoms with Gasteiger partial charge in [-0.1, -0.05) is 42.3 Å². The van der Waals surface area contributed by atoms with Crippen LogP contribution in [0.3, 0.4) is 0 Å². The molecule has 0 amide bonds. The van der Waals surface area contributed by atoms with Gasteiger partial charge in [-0.05, 0) is 28.1 Å². The second kappa shape index (κ2) is 6.22. The Morgan fingerprint density at radius 2 is 2.05 bits per heavy atom. The topological polar surface area (TPSA) is 42.7 Å². The molecule has 0 fully saturated rings. The van der Waals surface area contributed by atoms with Crippen molar-refractivity contribution in [3.63, 3.8) is 0 Å². The fourth-order valence-electron chi connectivity index (χ4n) is 1.50. The monoisotopic (exact) mass is 362 g/mol. The Bertz CT molecular complexity index is 583. The van der Waals surface area contributed by atoms with Crippen molar-refractivity contribution in [2.75, 3.05) is 0 Å². The summed E-state index contributed by atoms with van der Waals surface area (Å²) in [5.74, 6) is 0. The first-order valence-electron chi connectivity index (χ1n) is 5.77. The van der Waals surface area contributed by atoms with Crippen molar-refractivity contribution in [1.82, 2.24) is 20.3 Å². The minimum absolute atomic E-state index is 0.399. The zero-order valence-electron chi connectivity index (χ0n) is 10.5. The summed E-state index contributed by atoms with van der Waals surface area (Å²) in [6.45, 7) is 4.82. The number of halogens is 3. The first-order chi connectivity index (χ1) is 8.99. The van der Waals surface area contributed by atoms with Gasteiger partial charge in [0.25, 0.3) is 0 Å². The number of rotatable bonds is 4. The van der Waals surface area contributed by atoms with Crippen LogP contribution in [0.1, 0.15) is 19.5 Å². The molecular formula is C12H13BrCl2N4. The van der Waals surface area contributed by atoms with Crippen LogP contribution in [-0.2, 0) is 6.54 Å². The molecule has 2 rings (SSSR count). The molecule has 0 unspecified atom stereocenters. The first-order valence-corrected chi connectivity index (χ1v) is 7.32. The van der Waals surface area contributed by atoms with E-state index in [-0.39, 0.29) is 0 Å². The first kappa shape index (κ1) is 14.8. The van der Waals surface area contributed by atoms with E-state index in [4.69, 9.17) is 23.2 Å². The van der Waals surface area contributed by atoms with E-state index in [2.05, 4.69) is 45.4 Å². The van der Waals surface area contributed by atoms with Gasteiger partial charge in [0.2, 0.25) is 0 Å². The predicted molar refractivity (Wildman–Crippen MR) is 81.1 cm³/mol. The van der Waals surface area contributed by atoms with Crippen molar-refractivity contribution in [3.05, 3.63) is 38.5 Å². The smallest absolute Gasteiger partial charge is 0.0969 e. The van der Waals surface area contributed by atoms with Crippen molar-refractivity contribution >= 4 is 39.1 Å². The Labute approximate surface area is 130 Å². The molecule has 19 heavy (non-hydrogen) atoms. The zero-order valence-corrected chi connectivity index (χ0v) is 13.6. The number of hydrogen-bond acceptors (Lipinski definition) is 3. The maximum Gasteiger partial charge on any atom is 0.0969 e. The van der Waals surface area contributed by atoms with Gasteiger partial charge >= 0.3 is 0 Å². The summed E-state index contributed by atoms with van der Waals surface area (Å²) in [4.78, 5) is 0. The summed E-state index contributed by atoms with van der Waals surface area (Å²) in [7, 11) is 0. The Hall–Kier alpha value is -0.620. The largest absolute Gasteiger partial charge is 0.309 e. The average Bonchev–Trinajstić information content (AvgIpc) is 2.82. The van der Waals surface area contributed by atoms with E-state index in [1.807, 2.05) is 18.3 Å². The Morgan fingerprint density at radius 1 is 1.32 bits per heavy atom. The number of benzene rings is 1. The van der Waals surface area contributed by atoms with Gasteiger partial charge in [-0.15, -0.1) is 5.10 Å². The molecule has 4 nitrogen and oxygen atoms in total. The minimum Gasteiger partial charge on any atom is -0.309 e. The molecule has 1 heterocycles. The summed E-state index contributed by atoms with van der Waals surface area (Å²) >= 11 is 15.6. The second-order valence-corrected chi connectivity index (χ2v) is 5.99. The molecule has 0 bridgehead atoms. The van der Waals surface area contributed by atoms with Crippen LogP contribution < -0.4 is 5.32 Å². The molecule has 1 N–H and O–H groups in total. The predicted octanol–water partition coefficient (Wildman–Crippen LogP) is 3.83. The second-order valence-electron chi connectivity index (χ2n) is 4.38. The van der Waals surface area contributed by atoms with Crippen LogP contribution in [0.2, 0.25) is 10.0 Å². The van der Waals surface area contributed by atoms with E-state index < -0.39 is 0 Å². The summed E-state index contributed by atoms with van der Waals surface area (Å²) in [5, 5.41) is 12.4. The number of nitrogens with one attached hydrogen (secondary N) is 1. The van der Waals surface area contributed by atoms with Gasteiger partial charge in [-0.2, -0.15) is 0 Å². The number of aromatic nitrogens is 3. The average molecular weight is 364 g/mol. The molecule has 0 aliphatic rings. The molecule has 1 aromatic heterocycles. The van der Waals surface area contributed by atoms with Crippen LogP contribution in [0.25, 0.3) is 5.69 Å². The van der Waals surface area contributed by atoms with Crippen LogP contribution >= 0.6 is 39.1 Å². The maximum absolute atomic E-state index is 6.20. The molecule has 7 heteroatoms. The van der Waals surface area contributed by atoms with Crippen LogP contribution in [0.4, 0.5) is 0 Å². The van der Waals surface area contributed by atoms with Crippen molar-refractivity contribution < 1.29 is 0 Å². The summed E-state index contributed by atoms with van der Waals surface area (Å²) in [6, 6.07) is 4.07.